The van der Waals surface area contributed by atoms with Crippen LogP contribution < -0.4 is 16.4 Å². The van der Waals surface area contributed by atoms with Crippen LogP contribution in [0.15, 0.2) is 18.2 Å². The van der Waals surface area contributed by atoms with Crippen LogP contribution in [0, 0.1) is 10.1 Å². The largest absolute Gasteiger partial charge is 0.366 e. The number of hydrogen-bond acceptors (Lipinski definition) is 5. The van der Waals surface area contributed by atoms with Crippen molar-refractivity contribution in [2.45, 2.75) is 38.3 Å². The lowest BCUT2D eigenvalue weighted by Crippen LogP contribution is -2.49. The molecule has 0 saturated carbocycles. The smallest absolute Gasteiger partial charge is 0.270 e. The van der Waals surface area contributed by atoms with Crippen LogP contribution in [0.2, 0.25) is 0 Å². The molecule has 1 amide bonds. The molecule has 21 heavy (non-hydrogen) atoms. The van der Waals surface area contributed by atoms with E-state index in [1.807, 2.05) is 6.92 Å². The Balaban J connectivity index is 2.46. The fourth-order valence-electron chi connectivity index (χ4n) is 2.89. The van der Waals surface area contributed by atoms with Crippen LogP contribution in [0.1, 0.15) is 36.5 Å². The number of rotatable bonds is 4. The Labute approximate surface area is 123 Å². The van der Waals surface area contributed by atoms with Crippen LogP contribution in [-0.4, -0.2) is 29.5 Å². The first kappa shape index (κ1) is 15.2. The zero-order chi connectivity index (χ0) is 15.6. The molecule has 1 aliphatic rings. The van der Waals surface area contributed by atoms with Crippen LogP contribution in [-0.2, 0) is 0 Å². The Morgan fingerprint density at radius 2 is 2.19 bits per heavy atom. The number of amides is 1. The van der Waals surface area contributed by atoms with Gasteiger partial charge in [-0.2, -0.15) is 0 Å². The summed E-state index contributed by atoms with van der Waals surface area (Å²) in [6.45, 7) is 2.70. The molecule has 1 saturated heterocycles. The van der Waals surface area contributed by atoms with Crippen LogP contribution in [0.3, 0.4) is 0 Å². The number of anilines is 1. The van der Waals surface area contributed by atoms with Crippen molar-refractivity contribution >= 4 is 17.3 Å². The number of nitro groups is 1. The van der Waals surface area contributed by atoms with E-state index < -0.39 is 10.8 Å². The number of nitro benzene ring substituents is 1. The van der Waals surface area contributed by atoms with E-state index in [0.29, 0.717) is 5.69 Å². The number of piperidine rings is 1. The SMILES string of the molecule is CC(N)C1CCCCN1c1ccc([N+](=O)[O-])cc1C(N)=O. The molecule has 0 aliphatic carbocycles. The van der Waals surface area contributed by atoms with E-state index >= 15 is 0 Å². The van der Waals surface area contributed by atoms with E-state index in [1.54, 1.807) is 6.07 Å². The summed E-state index contributed by atoms with van der Waals surface area (Å²) in [5.74, 6) is -0.664. The first-order chi connectivity index (χ1) is 9.91. The fraction of sp³-hybridized carbons (Fsp3) is 0.500. The molecule has 0 spiro atoms. The van der Waals surface area contributed by atoms with Gasteiger partial charge < -0.3 is 16.4 Å². The standard InChI is InChI=1S/C14H20N4O3/c1-9(15)12-4-2-3-7-17(12)13-6-5-10(18(20)21)8-11(13)14(16)19/h5-6,8-9,12H,2-4,7,15H2,1H3,(H2,16,19). The molecule has 7 heteroatoms. The maximum Gasteiger partial charge on any atom is 0.270 e. The average Bonchev–Trinajstić information content (AvgIpc) is 2.46. The highest BCUT2D eigenvalue weighted by Crippen LogP contribution is 2.31. The van der Waals surface area contributed by atoms with Crippen LogP contribution >= 0.6 is 0 Å². The lowest BCUT2D eigenvalue weighted by Gasteiger charge is -2.40. The summed E-state index contributed by atoms with van der Waals surface area (Å²) in [4.78, 5) is 24.0. The van der Waals surface area contributed by atoms with Gasteiger partial charge in [0.25, 0.3) is 11.6 Å². The molecule has 1 fully saturated rings. The third-order valence-corrected chi connectivity index (χ3v) is 3.92. The van der Waals surface area contributed by atoms with Crippen molar-refractivity contribution in [1.82, 2.24) is 0 Å². The molecule has 0 aromatic heterocycles. The molecule has 2 atom stereocenters. The zero-order valence-electron chi connectivity index (χ0n) is 12.0. The van der Waals surface area contributed by atoms with E-state index in [9.17, 15) is 14.9 Å². The summed E-state index contributed by atoms with van der Waals surface area (Å²) in [5.41, 5.74) is 12.1. The Kier molecular flexibility index (Phi) is 4.42. The lowest BCUT2D eigenvalue weighted by atomic mass is 9.95. The molecule has 114 valence electrons. The highest BCUT2D eigenvalue weighted by atomic mass is 16.6. The van der Waals surface area contributed by atoms with Gasteiger partial charge in [-0.15, -0.1) is 0 Å². The predicted octanol–water partition coefficient (Wildman–Crippen LogP) is 1.40. The molecule has 1 heterocycles. The van der Waals surface area contributed by atoms with Crippen molar-refractivity contribution in [3.05, 3.63) is 33.9 Å². The third-order valence-electron chi connectivity index (χ3n) is 3.92. The van der Waals surface area contributed by atoms with Crippen molar-refractivity contribution in [1.29, 1.82) is 0 Å². The molecule has 2 rings (SSSR count). The predicted molar refractivity (Wildman–Crippen MR) is 80.2 cm³/mol. The van der Waals surface area contributed by atoms with E-state index in [4.69, 9.17) is 11.5 Å². The Bertz CT molecular complexity index is 559. The Hall–Kier alpha value is -2.15. The molecule has 1 aliphatic heterocycles. The fourth-order valence-corrected chi connectivity index (χ4v) is 2.89. The molecule has 4 N–H and O–H groups in total. The van der Waals surface area contributed by atoms with Gasteiger partial charge in [-0.1, -0.05) is 0 Å². The molecule has 1 aromatic carbocycles. The van der Waals surface area contributed by atoms with E-state index in [0.717, 1.165) is 25.8 Å². The maximum atomic E-state index is 11.7. The molecule has 2 unspecified atom stereocenters. The number of hydrogen-bond donors (Lipinski definition) is 2. The van der Waals surface area contributed by atoms with Gasteiger partial charge in [0.15, 0.2) is 0 Å². The Morgan fingerprint density at radius 1 is 1.48 bits per heavy atom. The highest BCUT2D eigenvalue weighted by Gasteiger charge is 2.29. The van der Waals surface area contributed by atoms with Crippen molar-refractivity contribution in [2.24, 2.45) is 11.5 Å². The van der Waals surface area contributed by atoms with Crippen LogP contribution in [0.4, 0.5) is 11.4 Å². The maximum absolute atomic E-state index is 11.7. The number of non-ortho nitro benzene ring substituents is 1. The highest BCUT2D eigenvalue weighted by molar-refractivity contribution is 5.99. The van der Waals surface area contributed by atoms with Crippen molar-refractivity contribution in [3.8, 4) is 0 Å². The number of benzene rings is 1. The summed E-state index contributed by atoms with van der Waals surface area (Å²) in [6.07, 6.45) is 3.02. The number of nitrogens with zero attached hydrogens (tertiary/aromatic N) is 2. The first-order valence-corrected chi connectivity index (χ1v) is 7.02. The molecule has 1 aromatic rings. The van der Waals surface area contributed by atoms with Gasteiger partial charge in [0.2, 0.25) is 0 Å². The third kappa shape index (κ3) is 3.13. The minimum absolute atomic E-state index is 0.0544. The van der Waals surface area contributed by atoms with E-state index in [2.05, 4.69) is 4.90 Å². The van der Waals surface area contributed by atoms with E-state index in [1.165, 1.54) is 12.1 Å². The lowest BCUT2D eigenvalue weighted by molar-refractivity contribution is -0.384. The first-order valence-electron chi connectivity index (χ1n) is 7.02. The summed E-state index contributed by atoms with van der Waals surface area (Å²) in [7, 11) is 0. The van der Waals surface area contributed by atoms with Crippen molar-refractivity contribution < 1.29 is 9.72 Å². The molecular weight excluding hydrogens is 272 g/mol. The Morgan fingerprint density at radius 3 is 2.76 bits per heavy atom. The van der Waals surface area contributed by atoms with Gasteiger partial charge in [-0.25, -0.2) is 0 Å². The van der Waals surface area contributed by atoms with Gasteiger partial charge in [0, 0.05) is 30.8 Å². The number of carbonyl (C=O) groups is 1. The monoisotopic (exact) mass is 292 g/mol. The summed E-state index contributed by atoms with van der Waals surface area (Å²) >= 11 is 0. The second kappa shape index (κ2) is 6.09. The topological polar surface area (TPSA) is 115 Å². The number of carbonyl (C=O) groups excluding carboxylic acids is 1. The van der Waals surface area contributed by atoms with Gasteiger partial charge in [-0.3, -0.25) is 14.9 Å². The molecular formula is C14H20N4O3. The summed E-state index contributed by atoms with van der Waals surface area (Å²) in [6, 6.07) is 4.29. The summed E-state index contributed by atoms with van der Waals surface area (Å²) < 4.78 is 0. The molecule has 0 bridgehead atoms. The van der Waals surface area contributed by atoms with Crippen LogP contribution in [0.5, 0.6) is 0 Å². The van der Waals surface area contributed by atoms with Gasteiger partial charge in [0.05, 0.1) is 16.2 Å². The number of primary amides is 1. The van der Waals surface area contributed by atoms with Gasteiger partial charge in [-0.05, 0) is 32.3 Å². The minimum Gasteiger partial charge on any atom is -0.366 e. The summed E-state index contributed by atoms with van der Waals surface area (Å²) in [5, 5.41) is 10.9. The number of nitrogens with two attached hydrogens (primary N) is 2. The second-order valence-corrected chi connectivity index (χ2v) is 5.44. The van der Waals surface area contributed by atoms with E-state index in [-0.39, 0.29) is 23.3 Å². The second-order valence-electron chi connectivity index (χ2n) is 5.44. The minimum atomic E-state index is -0.664. The van der Waals surface area contributed by atoms with Crippen LogP contribution in [0.25, 0.3) is 0 Å². The van der Waals surface area contributed by atoms with Crippen molar-refractivity contribution in [2.75, 3.05) is 11.4 Å². The van der Waals surface area contributed by atoms with Gasteiger partial charge in [0.1, 0.15) is 0 Å². The molecule has 7 nitrogen and oxygen atoms in total. The normalized spacial score (nSPS) is 20.1. The average molecular weight is 292 g/mol. The zero-order valence-corrected chi connectivity index (χ0v) is 12.0. The van der Waals surface area contributed by atoms with Gasteiger partial charge >= 0.3 is 0 Å². The molecule has 0 radical (unpaired) electrons. The quantitative estimate of drug-likeness (QED) is 0.642. The van der Waals surface area contributed by atoms with Crippen molar-refractivity contribution in [3.63, 3.8) is 0 Å².